The summed E-state index contributed by atoms with van der Waals surface area (Å²) >= 11 is 2.24. The molecule has 1 aromatic heterocycles. The van der Waals surface area contributed by atoms with E-state index in [1.54, 1.807) is 0 Å². The highest BCUT2D eigenvalue weighted by atomic mass is 127. The molecule has 2 rings (SSSR count). The van der Waals surface area contributed by atoms with Crippen molar-refractivity contribution in [1.29, 1.82) is 0 Å². The molecule has 0 aromatic carbocycles. The molecule has 1 fully saturated rings. The summed E-state index contributed by atoms with van der Waals surface area (Å²) in [5.41, 5.74) is 0. The lowest BCUT2D eigenvalue weighted by atomic mass is 10.4. The Morgan fingerprint density at radius 1 is 1.62 bits per heavy atom. The molecule has 0 spiro atoms. The number of aromatic nitrogens is 1. The molecular weight excluding hydrogens is 279 g/mol. The van der Waals surface area contributed by atoms with Gasteiger partial charge in [-0.15, -0.1) is 0 Å². The van der Waals surface area contributed by atoms with Crippen LogP contribution in [0, 0.1) is 3.57 Å². The maximum absolute atomic E-state index is 5.70. The summed E-state index contributed by atoms with van der Waals surface area (Å²) in [5.74, 6) is 1.70. The van der Waals surface area contributed by atoms with Gasteiger partial charge in [-0.25, -0.2) is 4.98 Å². The Hall–Kier alpha value is -0.520. The maximum Gasteiger partial charge on any atom is 0.168 e. The van der Waals surface area contributed by atoms with Crippen LogP contribution in [0.15, 0.2) is 12.3 Å². The van der Waals surface area contributed by atoms with Crippen molar-refractivity contribution in [3.8, 4) is 5.75 Å². The van der Waals surface area contributed by atoms with E-state index >= 15 is 0 Å². The molecule has 1 heterocycles. The number of hydrogen-bond donors (Lipinski definition) is 1. The molecule has 1 aromatic rings. The lowest BCUT2D eigenvalue weighted by Crippen LogP contribution is -2.02. The van der Waals surface area contributed by atoms with Gasteiger partial charge in [0.2, 0.25) is 0 Å². The molecule has 1 aliphatic rings. The second-order valence-electron chi connectivity index (χ2n) is 3.07. The second-order valence-corrected chi connectivity index (χ2v) is 4.31. The average molecular weight is 290 g/mol. The Kier molecular flexibility index (Phi) is 2.57. The van der Waals surface area contributed by atoms with Gasteiger partial charge < -0.3 is 10.1 Å². The summed E-state index contributed by atoms with van der Waals surface area (Å²) in [6, 6.07) is 2.01. The molecule has 1 N–H and O–H groups in total. The largest absolute Gasteiger partial charge is 0.487 e. The molecular formula is C9H11IN2O. The van der Waals surface area contributed by atoms with E-state index < -0.39 is 0 Å². The molecule has 0 atom stereocenters. The van der Waals surface area contributed by atoms with Crippen LogP contribution in [0.1, 0.15) is 12.8 Å². The minimum absolute atomic E-state index is 0.423. The first-order valence-corrected chi connectivity index (χ1v) is 5.37. The van der Waals surface area contributed by atoms with Gasteiger partial charge in [0, 0.05) is 16.8 Å². The van der Waals surface area contributed by atoms with Crippen LogP contribution >= 0.6 is 22.6 Å². The summed E-state index contributed by atoms with van der Waals surface area (Å²) < 4.78 is 6.80. The van der Waals surface area contributed by atoms with Gasteiger partial charge in [0.15, 0.2) is 11.6 Å². The number of nitrogens with zero attached hydrogens (tertiary/aromatic N) is 1. The second kappa shape index (κ2) is 3.69. The Morgan fingerprint density at radius 2 is 2.38 bits per heavy atom. The van der Waals surface area contributed by atoms with Gasteiger partial charge in [-0.05, 0) is 41.5 Å². The summed E-state index contributed by atoms with van der Waals surface area (Å²) in [6.45, 7) is 0. The van der Waals surface area contributed by atoms with E-state index in [0.29, 0.717) is 6.10 Å². The van der Waals surface area contributed by atoms with Crippen molar-refractivity contribution in [3.63, 3.8) is 0 Å². The summed E-state index contributed by atoms with van der Waals surface area (Å²) in [4.78, 5) is 4.23. The van der Waals surface area contributed by atoms with E-state index in [-0.39, 0.29) is 0 Å². The van der Waals surface area contributed by atoms with Crippen LogP contribution in [0.25, 0.3) is 0 Å². The van der Waals surface area contributed by atoms with Crippen molar-refractivity contribution < 1.29 is 4.74 Å². The molecule has 1 aliphatic carbocycles. The van der Waals surface area contributed by atoms with Crippen LogP contribution in [0.4, 0.5) is 5.82 Å². The van der Waals surface area contributed by atoms with E-state index in [9.17, 15) is 0 Å². The predicted molar refractivity (Wildman–Crippen MR) is 60.2 cm³/mol. The van der Waals surface area contributed by atoms with Gasteiger partial charge in [0.25, 0.3) is 0 Å². The minimum Gasteiger partial charge on any atom is -0.487 e. The van der Waals surface area contributed by atoms with Gasteiger partial charge in [-0.1, -0.05) is 0 Å². The molecule has 0 aliphatic heterocycles. The van der Waals surface area contributed by atoms with Crippen LogP contribution in [-0.2, 0) is 0 Å². The fourth-order valence-corrected chi connectivity index (χ4v) is 1.49. The fourth-order valence-electron chi connectivity index (χ4n) is 1.06. The highest BCUT2D eigenvalue weighted by Gasteiger charge is 2.24. The average Bonchev–Trinajstić information content (AvgIpc) is 2.89. The van der Waals surface area contributed by atoms with Crippen LogP contribution in [0.3, 0.4) is 0 Å². The summed E-state index contributed by atoms with van der Waals surface area (Å²) in [7, 11) is 1.86. The standard InChI is InChI=1S/C9H11IN2O/c1-11-9-8(13-7-2-3-7)4-6(10)5-12-9/h4-5,7H,2-3H2,1H3,(H,11,12). The van der Waals surface area contributed by atoms with Gasteiger partial charge >= 0.3 is 0 Å². The number of pyridine rings is 1. The van der Waals surface area contributed by atoms with E-state index in [4.69, 9.17) is 4.74 Å². The molecule has 0 saturated heterocycles. The van der Waals surface area contributed by atoms with Crippen LogP contribution < -0.4 is 10.1 Å². The number of anilines is 1. The zero-order valence-electron chi connectivity index (χ0n) is 7.38. The van der Waals surface area contributed by atoms with Crippen LogP contribution in [0.5, 0.6) is 5.75 Å². The third-order valence-electron chi connectivity index (χ3n) is 1.87. The van der Waals surface area contributed by atoms with Crippen molar-refractivity contribution in [2.24, 2.45) is 0 Å². The summed E-state index contributed by atoms with van der Waals surface area (Å²) in [5, 5.41) is 3.02. The van der Waals surface area contributed by atoms with Crippen molar-refractivity contribution in [3.05, 3.63) is 15.8 Å². The first-order chi connectivity index (χ1) is 6.29. The highest BCUT2D eigenvalue weighted by molar-refractivity contribution is 14.1. The topological polar surface area (TPSA) is 34.2 Å². The highest BCUT2D eigenvalue weighted by Crippen LogP contribution is 2.31. The molecule has 70 valence electrons. The number of ether oxygens (including phenoxy) is 1. The van der Waals surface area contributed by atoms with Gasteiger partial charge in [-0.2, -0.15) is 0 Å². The number of halogens is 1. The lowest BCUT2D eigenvalue weighted by molar-refractivity contribution is 0.303. The lowest BCUT2D eigenvalue weighted by Gasteiger charge is -2.09. The first-order valence-electron chi connectivity index (χ1n) is 4.29. The predicted octanol–water partition coefficient (Wildman–Crippen LogP) is 2.27. The molecule has 0 unspecified atom stereocenters. The van der Waals surface area contributed by atoms with Gasteiger partial charge in [-0.3, -0.25) is 0 Å². The van der Waals surface area contributed by atoms with Crippen LogP contribution in [0.2, 0.25) is 0 Å². The molecule has 4 heteroatoms. The minimum atomic E-state index is 0.423. The van der Waals surface area contributed by atoms with Gasteiger partial charge in [0.1, 0.15) is 0 Å². The normalized spacial score (nSPS) is 15.5. The quantitative estimate of drug-likeness (QED) is 0.867. The number of rotatable bonds is 3. The van der Waals surface area contributed by atoms with Crippen molar-refractivity contribution in [1.82, 2.24) is 4.98 Å². The monoisotopic (exact) mass is 290 g/mol. The van der Waals surface area contributed by atoms with Gasteiger partial charge in [0.05, 0.1) is 6.10 Å². The van der Waals surface area contributed by atoms with Crippen molar-refractivity contribution >= 4 is 28.4 Å². The van der Waals surface area contributed by atoms with E-state index in [0.717, 1.165) is 15.1 Å². The Balaban J connectivity index is 2.22. The number of nitrogens with one attached hydrogen (secondary N) is 1. The van der Waals surface area contributed by atoms with E-state index in [1.807, 2.05) is 19.3 Å². The first kappa shape index (κ1) is 9.05. The SMILES string of the molecule is CNc1ncc(I)cc1OC1CC1. The van der Waals surface area contributed by atoms with Crippen molar-refractivity contribution in [2.75, 3.05) is 12.4 Å². The van der Waals surface area contributed by atoms with E-state index in [1.165, 1.54) is 12.8 Å². The van der Waals surface area contributed by atoms with E-state index in [2.05, 4.69) is 32.9 Å². The summed E-state index contributed by atoms with van der Waals surface area (Å²) in [6.07, 6.45) is 4.60. The molecule has 13 heavy (non-hydrogen) atoms. The molecule has 0 amide bonds. The molecule has 0 radical (unpaired) electrons. The maximum atomic E-state index is 5.70. The third-order valence-corrected chi connectivity index (χ3v) is 2.46. The van der Waals surface area contributed by atoms with Crippen LogP contribution in [-0.4, -0.2) is 18.1 Å². The molecule has 3 nitrogen and oxygen atoms in total. The number of hydrogen-bond acceptors (Lipinski definition) is 3. The Morgan fingerprint density at radius 3 is 3.00 bits per heavy atom. The smallest absolute Gasteiger partial charge is 0.168 e. The Bertz CT molecular complexity index is 312. The molecule has 1 saturated carbocycles. The molecule has 0 bridgehead atoms. The Labute approximate surface area is 91.0 Å². The zero-order chi connectivity index (χ0) is 9.26. The third kappa shape index (κ3) is 2.24. The van der Waals surface area contributed by atoms with Crippen molar-refractivity contribution in [2.45, 2.75) is 18.9 Å². The fraction of sp³-hybridized carbons (Fsp3) is 0.444. The zero-order valence-corrected chi connectivity index (χ0v) is 9.54.